The molecule has 0 unspecified atom stereocenters. The van der Waals surface area contributed by atoms with Gasteiger partial charge in [-0.2, -0.15) is 10.5 Å². The number of allylic oxidation sites excluding steroid dienone is 1. The van der Waals surface area contributed by atoms with Crippen LogP contribution in [0.3, 0.4) is 0 Å². The summed E-state index contributed by atoms with van der Waals surface area (Å²) in [5.41, 5.74) is 2.74. The lowest BCUT2D eigenvalue weighted by atomic mass is 9.55. The predicted molar refractivity (Wildman–Crippen MR) is 121 cm³/mol. The molecular weight excluding hydrogens is 380 g/mol. The number of carbonyl (C=O) groups excluding carboxylic acids is 1. The minimum atomic E-state index is -1.40. The molecule has 0 bridgehead atoms. The summed E-state index contributed by atoms with van der Waals surface area (Å²) in [6, 6.07) is 31.6. The first-order valence-electron chi connectivity index (χ1n) is 10.3. The lowest BCUT2D eigenvalue weighted by Crippen LogP contribution is -2.41. The Hall–Kier alpha value is -3.95. The van der Waals surface area contributed by atoms with Crippen molar-refractivity contribution in [3.05, 3.63) is 113 Å². The van der Waals surface area contributed by atoms with Crippen LogP contribution in [0.15, 0.2) is 90.5 Å². The van der Waals surface area contributed by atoms with Gasteiger partial charge >= 0.3 is 0 Å². The number of Topliss-reactive ketones (excluding diaryl/α,β-unsaturated/α-hetero) is 1. The Kier molecular flexibility index (Phi) is 5.52. The summed E-state index contributed by atoms with van der Waals surface area (Å²) in [6.07, 6.45) is 1.98. The van der Waals surface area contributed by atoms with Crippen LogP contribution in [-0.2, 0) is 4.79 Å². The molecule has 3 aromatic rings. The fraction of sp³-hybridized carbons (Fsp3) is 0.179. The van der Waals surface area contributed by atoms with E-state index in [0.717, 1.165) is 22.3 Å². The third-order valence-corrected chi connectivity index (χ3v) is 6.13. The minimum Gasteiger partial charge on any atom is -0.295 e. The molecule has 0 aromatic heterocycles. The van der Waals surface area contributed by atoms with Gasteiger partial charge in [0.05, 0.1) is 12.1 Å². The Labute approximate surface area is 182 Å². The molecule has 0 aliphatic heterocycles. The van der Waals surface area contributed by atoms with Crippen LogP contribution in [0.25, 0.3) is 6.08 Å². The molecule has 150 valence electrons. The first-order valence-corrected chi connectivity index (χ1v) is 10.3. The maximum absolute atomic E-state index is 13.5. The van der Waals surface area contributed by atoms with Crippen molar-refractivity contribution < 1.29 is 4.79 Å². The van der Waals surface area contributed by atoms with Gasteiger partial charge < -0.3 is 0 Å². The van der Waals surface area contributed by atoms with Crippen molar-refractivity contribution in [2.75, 3.05) is 0 Å². The molecule has 3 nitrogen and oxygen atoms in total. The highest BCUT2D eigenvalue weighted by Crippen LogP contribution is 2.55. The van der Waals surface area contributed by atoms with E-state index >= 15 is 0 Å². The normalized spacial score (nSPS) is 21.3. The lowest BCUT2D eigenvalue weighted by Gasteiger charge is -2.41. The zero-order chi connectivity index (χ0) is 21.8. The average Bonchev–Trinajstić information content (AvgIpc) is 2.82. The van der Waals surface area contributed by atoms with Crippen molar-refractivity contribution >= 4 is 11.9 Å². The molecule has 1 fully saturated rings. The molecule has 0 amide bonds. The maximum Gasteiger partial charge on any atom is 0.161 e. The van der Waals surface area contributed by atoms with Crippen LogP contribution in [0.5, 0.6) is 0 Å². The molecule has 2 atom stereocenters. The predicted octanol–water partition coefficient (Wildman–Crippen LogP) is 5.95. The summed E-state index contributed by atoms with van der Waals surface area (Å²) < 4.78 is 0. The fourth-order valence-corrected chi connectivity index (χ4v) is 4.54. The Bertz CT molecular complexity index is 1180. The Morgan fingerprint density at radius 1 is 0.839 bits per heavy atom. The highest BCUT2D eigenvalue weighted by molar-refractivity contribution is 6.03. The standard InChI is InChI=1S/C28H22N2O/c1-20-12-14-23(15-13-20)27-24(16-21-8-4-2-5-9-21)26(31)17-25(28(27,18-29)19-30)22-10-6-3-7-11-22/h2-16,25,27H,17H2,1H3/b24-16-/t25-,27+/m0/s1. The van der Waals surface area contributed by atoms with Crippen molar-refractivity contribution in [3.8, 4) is 12.1 Å². The van der Waals surface area contributed by atoms with E-state index in [2.05, 4.69) is 12.1 Å². The number of carbonyl (C=O) groups is 1. The number of rotatable bonds is 3. The van der Waals surface area contributed by atoms with Gasteiger partial charge in [0.15, 0.2) is 11.2 Å². The number of nitriles is 2. The molecule has 0 saturated heterocycles. The molecular formula is C28H22N2O. The summed E-state index contributed by atoms with van der Waals surface area (Å²) in [5, 5.41) is 20.8. The van der Waals surface area contributed by atoms with Gasteiger partial charge in [0.25, 0.3) is 0 Å². The molecule has 0 spiro atoms. The van der Waals surface area contributed by atoms with Gasteiger partial charge in [0.2, 0.25) is 0 Å². The van der Waals surface area contributed by atoms with Crippen LogP contribution in [0.1, 0.15) is 40.5 Å². The monoisotopic (exact) mass is 402 g/mol. The van der Waals surface area contributed by atoms with Crippen molar-refractivity contribution in [2.24, 2.45) is 5.41 Å². The summed E-state index contributed by atoms with van der Waals surface area (Å²) in [6.45, 7) is 1.99. The molecule has 0 N–H and O–H groups in total. The van der Waals surface area contributed by atoms with E-state index < -0.39 is 17.3 Å². The van der Waals surface area contributed by atoms with E-state index in [9.17, 15) is 15.3 Å². The first kappa shape index (κ1) is 20.3. The lowest BCUT2D eigenvalue weighted by molar-refractivity contribution is -0.118. The van der Waals surface area contributed by atoms with Gasteiger partial charge in [0, 0.05) is 23.8 Å². The van der Waals surface area contributed by atoms with Crippen LogP contribution < -0.4 is 0 Å². The van der Waals surface area contributed by atoms with E-state index in [0.29, 0.717) is 5.57 Å². The largest absolute Gasteiger partial charge is 0.295 e. The molecule has 31 heavy (non-hydrogen) atoms. The SMILES string of the molecule is Cc1ccc([C@@H]2/C(=C\c3ccccc3)C(=O)C[C@@H](c3ccccc3)C2(C#N)C#N)cc1. The van der Waals surface area contributed by atoms with Crippen molar-refractivity contribution in [1.82, 2.24) is 0 Å². The second-order valence-electron chi connectivity index (χ2n) is 8.04. The second kappa shape index (κ2) is 8.42. The fourth-order valence-electron chi connectivity index (χ4n) is 4.54. The average molecular weight is 402 g/mol. The van der Waals surface area contributed by atoms with Crippen LogP contribution >= 0.6 is 0 Å². The molecule has 3 heteroatoms. The number of ketones is 1. The quantitative estimate of drug-likeness (QED) is 0.508. The minimum absolute atomic E-state index is 0.0237. The van der Waals surface area contributed by atoms with Gasteiger partial charge in [-0.3, -0.25) is 4.79 Å². The summed E-state index contributed by atoms with van der Waals surface area (Å²) in [4.78, 5) is 13.5. The van der Waals surface area contributed by atoms with Crippen LogP contribution in [0.4, 0.5) is 0 Å². The maximum atomic E-state index is 13.5. The van der Waals surface area contributed by atoms with E-state index in [1.54, 1.807) is 0 Å². The van der Waals surface area contributed by atoms with Crippen molar-refractivity contribution in [2.45, 2.75) is 25.2 Å². The highest BCUT2D eigenvalue weighted by Gasteiger charge is 2.54. The first-order chi connectivity index (χ1) is 15.1. The van der Waals surface area contributed by atoms with E-state index in [1.807, 2.05) is 97.9 Å². The van der Waals surface area contributed by atoms with Crippen molar-refractivity contribution in [3.63, 3.8) is 0 Å². The highest BCUT2D eigenvalue weighted by atomic mass is 16.1. The smallest absolute Gasteiger partial charge is 0.161 e. The third-order valence-electron chi connectivity index (χ3n) is 6.13. The molecule has 4 rings (SSSR count). The number of benzene rings is 3. The number of hydrogen-bond acceptors (Lipinski definition) is 3. The zero-order valence-corrected chi connectivity index (χ0v) is 17.3. The molecule has 0 radical (unpaired) electrons. The molecule has 1 saturated carbocycles. The van der Waals surface area contributed by atoms with Gasteiger partial charge in [-0.1, -0.05) is 90.5 Å². The molecule has 0 heterocycles. The van der Waals surface area contributed by atoms with Gasteiger partial charge in [-0.15, -0.1) is 0 Å². The number of hydrogen-bond donors (Lipinski definition) is 0. The van der Waals surface area contributed by atoms with Gasteiger partial charge in [0.1, 0.15) is 0 Å². The Morgan fingerprint density at radius 2 is 1.42 bits per heavy atom. The topological polar surface area (TPSA) is 64.7 Å². The summed E-state index contributed by atoms with van der Waals surface area (Å²) in [7, 11) is 0. The molecule has 1 aliphatic rings. The second-order valence-corrected chi connectivity index (χ2v) is 8.04. The van der Waals surface area contributed by atoms with Gasteiger partial charge in [-0.05, 0) is 29.7 Å². The van der Waals surface area contributed by atoms with Gasteiger partial charge in [-0.25, -0.2) is 0 Å². The number of nitrogens with zero attached hydrogens (tertiary/aromatic N) is 2. The van der Waals surface area contributed by atoms with Crippen molar-refractivity contribution in [1.29, 1.82) is 10.5 Å². The molecule has 1 aliphatic carbocycles. The Balaban J connectivity index is 1.97. The third kappa shape index (κ3) is 3.67. The van der Waals surface area contributed by atoms with Crippen LogP contribution in [-0.4, -0.2) is 5.78 Å². The van der Waals surface area contributed by atoms with Crippen LogP contribution in [0.2, 0.25) is 0 Å². The van der Waals surface area contributed by atoms with E-state index in [4.69, 9.17) is 0 Å². The van der Waals surface area contributed by atoms with E-state index in [-0.39, 0.29) is 12.2 Å². The van der Waals surface area contributed by atoms with Crippen LogP contribution in [0, 0.1) is 35.0 Å². The zero-order valence-electron chi connectivity index (χ0n) is 17.3. The summed E-state index contributed by atoms with van der Waals surface area (Å²) >= 11 is 0. The molecule has 3 aromatic carbocycles. The Morgan fingerprint density at radius 3 is 2.00 bits per heavy atom. The summed E-state index contributed by atoms with van der Waals surface area (Å²) in [5.74, 6) is -1.17. The number of aryl methyl sites for hydroxylation is 1. The van der Waals surface area contributed by atoms with E-state index in [1.165, 1.54) is 0 Å².